The number of halogens is 1. The van der Waals surface area contributed by atoms with E-state index in [0.717, 1.165) is 41.9 Å². The highest BCUT2D eigenvalue weighted by Gasteiger charge is 2.17. The number of esters is 1. The van der Waals surface area contributed by atoms with Gasteiger partial charge in [0.1, 0.15) is 0 Å². The first-order valence-corrected chi connectivity index (χ1v) is 6.48. The SMILES string of the molecule is COC(=O)C=C1CCN(c2ncc(Br)cn2)CC1. The number of hydrogen-bond acceptors (Lipinski definition) is 5. The molecule has 0 bridgehead atoms. The average molecular weight is 312 g/mol. The molecule has 0 atom stereocenters. The highest BCUT2D eigenvalue weighted by atomic mass is 79.9. The molecule has 1 aliphatic heterocycles. The maximum absolute atomic E-state index is 11.1. The summed E-state index contributed by atoms with van der Waals surface area (Å²) in [4.78, 5) is 21.8. The fourth-order valence-electron chi connectivity index (χ4n) is 1.83. The van der Waals surface area contributed by atoms with Crippen molar-refractivity contribution < 1.29 is 9.53 Å². The first-order valence-electron chi connectivity index (χ1n) is 5.69. The molecule has 2 heterocycles. The zero-order chi connectivity index (χ0) is 13.0. The quantitative estimate of drug-likeness (QED) is 0.617. The molecule has 0 saturated carbocycles. The second kappa shape index (κ2) is 5.95. The van der Waals surface area contributed by atoms with Gasteiger partial charge < -0.3 is 9.64 Å². The Morgan fingerprint density at radius 1 is 1.39 bits per heavy atom. The van der Waals surface area contributed by atoms with E-state index in [0.29, 0.717) is 0 Å². The lowest BCUT2D eigenvalue weighted by atomic mass is 10.0. The first kappa shape index (κ1) is 13.0. The largest absolute Gasteiger partial charge is 0.466 e. The third kappa shape index (κ3) is 3.29. The third-order valence-electron chi connectivity index (χ3n) is 2.82. The highest BCUT2D eigenvalue weighted by Crippen LogP contribution is 2.20. The van der Waals surface area contributed by atoms with Crippen LogP contribution in [-0.2, 0) is 9.53 Å². The van der Waals surface area contributed by atoms with Gasteiger partial charge in [-0.3, -0.25) is 0 Å². The minimum atomic E-state index is -0.279. The molecule has 0 aliphatic carbocycles. The van der Waals surface area contributed by atoms with Gasteiger partial charge in [0.2, 0.25) is 5.95 Å². The summed E-state index contributed by atoms with van der Waals surface area (Å²) in [6.45, 7) is 1.65. The Morgan fingerprint density at radius 2 is 2.00 bits per heavy atom. The van der Waals surface area contributed by atoms with Crippen molar-refractivity contribution in [3.05, 3.63) is 28.5 Å². The van der Waals surface area contributed by atoms with E-state index in [2.05, 4.69) is 35.5 Å². The molecule has 0 spiro atoms. The third-order valence-corrected chi connectivity index (χ3v) is 3.23. The normalized spacial score (nSPS) is 15.4. The number of aromatic nitrogens is 2. The maximum Gasteiger partial charge on any atom is 0.330 e. The molecule has 2 rings (SSSR count). The highest BCUT2D eigenvalue weighted by molar-refractivity contribution is 9.10. The number of ether oxygens (including phenoxy) is 1. The van der Waals surface area contributed by atoms with Crippen LogP contribution in [0.1, 0.15) is 12.8 Å². The van der Waals surface area contributed by atoms with Crippen molar-refractivity contribution in [1.82, 2.24) is 9.97 Å². The van der Waals surface area contributed by atoms with Crippen molar-refractivity contribution in [2.24, 2.45) is 0 Å². The molecular weight excluding hydrogens is 298 g/mol. The summed E-state index contributed by atoms with van der Waals surface area (Å²) in [6, 6.07) is 0. The van der Waals surface area contributed by atoms with Gasteiger partial charge in [-0.25, -0.2) is 14.8 Å². The van der Waals surface area contributed by atoms with Crippen LogP contribution in [0.25, 0.3) is 0 Å². The van der Waals surface area contributed by atoms with Gasteiger partial charge in [0, 0.05) is 31.6 Å². The minimum absolute atomic E-state index is 0.279. The van der Waals surface area contributed by atoms with Gasteiger partial charge in [0.05, 0.1) is 11.6 Å². The number of carbonyl (C=O) groups excluding carboxylic acids is 1. The number of methoxy groups -OCH3 is 1. The molecule has 96 valence electrons. The second-order valence-corrected chi connectivity index (χ2v) is 4.93. The Kier molecular flexibility index (Phi) is 4.30. The van der Waals surface area contributed by atoms with Gasteiger partial charge in [0.15, 0.2) is 0 Å². The van der Waals surface area contributed by atoms with E-state index >= 15 is 0 Å². The molecule has 18 heavy (non-hydrogen) atoms. The van der Waals surface area contributed by atoms with Crippen molar-refractivity contribution in [2.45, 2.75) is 12.8 Å². The lowest BCUT2D eigenvalue weighted by molar-refractivity contribution is -0.134. The zero-order valence-corrected chi connectivity index (χ0v) is 11.7. The number of carbonyl (C=O) groups is 1. The molecule has 0 unspecified atom stereocenters. The van der Waals surface area contributed by atoms with Crippen molar-refractivity contribution >= 4 is 27.8 Å². The number of nitrogens with zero attached hydrogens (tertiary/aromatic N) is 3. The Balaban J connectivity index is 1.96. The van der Waals surface area contributed by atoms with E-state index in [1.165, 1.54) is 7.11 Å². The smallest absolute Gasteiger partial charge is 0.330 e. The zero-order valence-electron chi connectivity index (χ0n) is 10.1. The summed E-state index contributed by atoms with van der Waals surface area (Å²) in [5.74, 6) is 0.452. The molecule has 0 N–H and O–H groups in total. The van der Waals surface area contributed by atoms with Crippen molar-refractivity contribution in [2.75, 3.05) is 25.1 Å². The van der Waals surface area contributed by atoms with E-state index < -0.39 is 0 Å². The molecule has 1 fully saturated rings. The van der Waals surface area contributed by atoms with Crippen LogP contribution in [0.5, 0.6) is 0 Å². The lowest BCUT2D eigenvalue weighted by Crippen LogP contribution is -2.32. The van der Waals surface area contributed by atoms with Crippen molar-refractivity contribution in [3.63, 3.8) is 0 Å². The number of hydrogen-bond donors (Lipinski definition) is 0. The summed E-state index contributed by atoms with van der Waals surface area (Å²) in [6.07, 6.45) is 6.74. The average Bonchev–Trinajstić information content (AvgIpc) is 2.40. The van der Waals surface area contributed by atoms with E-state index in [-0.39, 0.29) is 5.97 Å². The molecule has 1 aliphatic rings. The van der Waals surface area contributed by atoms with Gasteiger partial charge in [-0.15, -0.1) is 0 Å². The van der Waals surface area contributed by atoms with Crippen LogP contribution in [-0.4, -0.2) is 36.1 Å². The van der Waals surface area contributed by atoms with Crippen molar-refractivity contribution in [1.29, 1.82) is 0 Å². The van der Waals surface area contributed by atoms with Gasteiger partial charge in [-0.1, -0.05) is 5.57 Å². The summed E-state index contributed by atoms with van der Waals surface area (Å²) < 4.78 is 5.49. The Hall–Kier alpha value is -1.43. The van der Waals surface area contributed by atoms with E-state index in [9.17, 15) is 4.79 Å². The molecule has 6 heteroatoms. The molecule has 0 radical (unpaired) electrons. The monoisotopic (exact) mass is 311 g/mol. The summed E-state index contributed by atoms with van der Waals surface area (Å²) in [5, 5.41) is 0. The van der Waals surface area contributed by atoms with Crippen LogP contribution in [0.3, 0.4) is 0 Å². The van der Waals surface area contributed by atoms with Crippen LogP contribution < -0.4 is 4.90 Å². The minimum Gasteiger partial charge on any atom is -0.466 e. The molecule has 0 aromatic carbocycles. The topological polar surface area (TPSA) is 55.3 Å². The molecule has 0 amide bonds. The number of anilines is 1. The predicted octanol–water partition coefficient (Wildman–Crippen LogP) is 1.94. The second-order valence-electron chi connectivity index (χ2n) is 4.01. The molecule has 1 saturated heterocycles. The number of piperidine rings is 1. The standard InChI is InChI=1S/C12H14BrN3O2/c1-18-11(17)6-9-2-4-16(5-3-9)12-14-7-10(13)8-15-12/h6-8H,2-5H2,1H3. The fraction of sp³-hybridized carbons (Fsp3) is 0.417. The number of rotatable bonds is 2. The summed E-state index contributed by atoms with van der Waals surface area (Å²) in [7, 11) is 1.39. The van der Waals surface area contributed by atoms with Gasteiger partial charge in [0.25, 0.3) is 0 Å². The molecule has 5 nitrogen and oxygen atoms in total. The van der Waals surface area contributed by atoms with E-state index in [1.807, 2.05) is 0 Å². The molecular formula is C12H14BrN3O2. The Morgan fingerprint density at radius 3 is 2.56 bits per heavy atom. The van der Waals surface area contributed by atoms with Gasteiger partial charge in [-0.05, 0) is 28.8 Å². The van der Waals surface area contributed by atoms with Crippen molar-refractivity contribution in [3.8, 4) is 0 Å². The summed E-state index contributed by atoms with van der Waals surface area (Å²) >= 11 is 3.31. The van der Waals surface area contributed by atoms with Crippen LogP contribution in [0.4, 0.5) is 5.95 Å². The maximum atomic E-state index is 11.1. The fourth-order valence-corrected chi connectivity index (χ4v) is 2.04. The van der Waals surface area contributed by atoms with Crippen LogP contribution in [0.2, 0.25) is 0 Å². The van der Waals surface area contributed by atoms with Gasteiger partial charge in [-0.2, -0.15) is 0 Å². The Bertz CT molecular complexity index is 449. The predicted molar refractivity (Wildman–Crippen MR) is 71.3 cm³/mol. The summed E-state index contributed by atoms with van der Waals surface area (Å²) in [5.41, 5.74) is 1.12. The van der Waals surface area contributed by atoms with E-state index in [1.54, 1.807) is 18.5 Å². The molecule has 1 aromatic heterocycles. The first-order chi connectivity index (χ1) is 8.69. The van der Waals surface area contributed by atoms with Crippen LogP contribution >= 0.6 is 15.9 Å². The lowest BCUT2D eigenvalue weighted by Gasteiger charge is -2.28. The van der Waals surface area contributed by atoms with Crippen LogP contribution in [0.15, 0.2) is 28.5 Å². The van der Waals surface area contributed by atoms with Gasteiger partial charge >= 0.3 is 5.97 Å². The Labute approximate surface area is 114 Å². The van der Waals surface area contributed by atoms with E-state index in [4.69, 9.17) is 0 Å². The molecule has 1 aromatic rings. The van der Waals surface area contributed by atoms with Crippen LogP contribution in [0, 0.1) is 0 Å².